The molecule has 0 atom stereocenters. The molecule has 106 valence electrons. The quantitative estimate of drug-likeness (QED) is 0.860. The van der Waals surface area contributed by atoms with Gasteiger partial charge in [0.15, 0.2) is 5.16 Å². The van der Waals surface area contributed by atoms with Crippen LogP contribution in [0.5, 0.6) is 0 Å². The summed E-state index contributed by atoms with van der Waals surface area (Å²) in [5.74, 6) is 0. The molecular weight excluding hydrogens is 290 g/mol. The lowest BCUT2D eigenvalue weighted by Gasteiger charge is -2.21. The molecule has 1 N–H and O–H groups in total. The standard InChI is InChI=1S/C15H18ClN3S/c1-15(2,3)19-10-11-5-6-12(16)9-13(11)20-14-17-7-4-8-18-14/h4-9,19H,10H2,1-3H3. The van der Waals surface area contributed by atoms with Crippen molar-refractivity contribution in [2.75, 3.05) is 0 Å². The molecule has 0 radical (unpaired) electrons. The molecule has 0 amide bonds. The molecule has 1 aromatic carbocycles. The molecular formula is C15H18ClN3S. The summed E-state index contributed by atoms with van der Waals surface area (Å²) >= 11 is 7.63. The fourth-order valence-electron chi connectivity index (χ4n) is 1.57. The topological polar surface area (TPSA) is 37.8 Å². The molecule has 3 nitrogen and oxygen atoms in total. The van der Waals surface area contributed by atoms with Crippen LogP contribution in [0.3, 0.4) is 0 Å². The summed E-state index contributed by atoms with van der Waals surface area (Å²) in [6, 6.07) is 7.73. The van der Waals surface area contributed by atoms with Gasteiger partial charge in [-0.05, 0) is 56.3 Å². The highest BCUT2D eigenvalue weighted by Gasteiger charge is 2.12. The Morgan fingerprint density at radius 3 is 2.55 bits per heavy atom. The molecule has 1 heterocycles. The summed E-state index contributed by atoms with van der Waals surface area (Å²) in [7, 11) is 0. The average Bonchev–Trinajstić information content (AvgIpc) is 2.38. The van der Waals surface area contributed by atoms with Crippen LogP contribution in [-0.4, -0.2) is 15.5 Å². The van der Waals surface area contributed by atoms with Crippen LogP contribution in [0.4, 0.5) is 0 Å². The molecule has 2 aromatic rings. The maximum Gasteiger partial charge on any atom is 0.192 e. The van der Waals surface area contributed by atoms with E-state index < -0.39 is 0 Å². The van der Waals surface area contributed by atoms with Gasteiger partial charge in [0.05, 0.1) is 0 Å². The van der Waals surface area contributed by atoms with Gasteiger partial charge in [0.1, 0.15) is 0 Å². The van der Waals surface area contributed by atoms with Crippen LogP contribution in [-0.2, 0) is 6.54 Å². The first-order valence-electron chi connectivity index (χ1n) is 6.42. The minimum Gasteiger partial charge on any atom is -0.308 e. The molecule has 0 fully saturated rings. The van der Waals surface area contributed by atoms with Gasteiger partial charge >= 0.3 is 0 Å². The van der Waals surface area contributed by atoms with Gasteiger partial charge in [-0.3, -0.25) is 0 Å². The Morgan fingerprint density at radius 1 is 1.20 bits per heavy atom. The van der Waals surface area contributed by atoms with E-state index in [1.54, 1.807) is 12.4 Å². The smallest absolute Gasteiger partial charge is 0.192 e. The van der Waals surface area contributed by atoms with E-state index in [-0.39, 0.29) is 5.54 Å². The lowest BCUT2D eigenvalue weighted by Crippen LogP contribution is -2.35. The molecule has 0 aliphatic carbocycles. The van der Waals surface area contributed by atoms with Crippen molar-refractivity contribution in [3.8, 4) is 0 Å². The van der Waals surface area contributed by atoms with Crippen molar-refractivity contribution in [3.63, 3.8) is 0 Å². The molecule has 0 aliphatic rings. The predicted molar refractivity (Wildman–Crippen MR) is 84.2 cm³/mol. The van der Waals surface area contributed by atoms with E-state index in [0.717, 1.165) is 21.6 Å². The molecule has 0 saturated carbocycles. The summed E-state index contributed by atoms with van der Waals surface area (Å²) in [5, 5.41) is 4.94. The van der Waals surface area contributed by atoms with Gasteiger partial charge in [-0.1, -0.05) is 17.7 Å². The highest BCUT2D eigenvalue weighted by Crippen LogP contribution is 2.30. The third-order valence-electron chi connectivity index (χ3n) is 2.58. The molecule has 5 heteroatoms. The Kier molecular flexibility index (Phi) is 5.02. The zero-order chi connectivity index (χ0) is 14.6. The summed E-state index contributed by atoms with van der Waals surface area (Å²) in [6.45, 7) is 7.23. The van der Waals surface area contributed by atoms with Gasteiger partial charge in [0.25, 0.3) is 0 Å². The molecule has 0 saturated heterocycles. The fraction of sp³-hybridized carbons (Fsp3) is 0.333. The molecule has 2 rings (SSSR count). The maximum atomic E-state index is 6.10. The van der Waals surface area contributed by atoms with Crippen LogP contribution in [0.2, 0.25) is 5.02 Å². The Hall–Kier alpha value is -1.10. The van der Waals surface area contributed by atoms with Gasteiger partial charge in [-0.25, -0.2) is 9.97 Å². The predicted octanol–water partition coefficient (Wildman–Crippen LogP) is 4.17. The molecule has 1 aromatic heterocycles. The van der Waals surface area contributed by atoms with Crippen molar-refractivity contribution in [1.29, 1.82) is 0 Å². The first-order chi connectivity index (χ1) is 9.44. The van der Waals surface area contributed by atoms with Gasteiger partial charge < -0.3 is 5.32 Å². The van der Waals surface area contributed by atoms with Crippen molar-refractivity contribution >= 4 is 23.4 Å². The van der Waals surface area contributed by atoms with Crippen molar-refractivity contribution in [2.45, 2.75) is 42.9 Å². The number of rotatable bonds is 4. The summed E-state index contributed by atoms with van der Waals surface area (Å²) in [6.07, 6.45) is 3.49. The van der Waals surface area contributed by atoms with E-state index >= 15 is 0 Å². The summed E-state index contributed by atoms with van der Waals surface area (Å²) in [4.78, 5) is 9.57. The van der Waals surface area contributed by atoms with E-state index in [9.17, 15) is 0 Å². The van der Waals surface area contributed by atoms with Crippen molar-refractivity contribution in [2.24, 2.45) is 0 Å². The average molecular weight is 308 g/mol. The Balaban J connectivity index is 2.20. The van der Waals surface area contributed by atoms with Crippen LogP contribution in [0.15, 0.2) is 46.7 Å². The van der Waals surface area contributed by atoms with Crippen molar-refractivity contribution in [1.82, 2.24) is 15.3 Å². The van der Waals surface area contributed by atoms with Gasteiger partial charge in [0, 0.05) is 34.4 Å². The molecule has 0 bridgehead atoms. The third kappa shape index (κ3) is 4.78. The number of nitrogens with zero attached hydrogens (tertiary/aromatic N) is 2. The van der Waals surface area contributed by atoms with Crippen molar-refractivity contribution in [3.05, 3.63) is 47.2 Å². The van der Waals surface area contributed by atoms with Gasteiger partial charge in [-0.15, -0.1) is 0 Å². The van der Waals surface area contributed by atoms with E-state index in [2.05, 4.69) is 36.1 Å². The lowest BCUT2D eigenvalue weighted by molar-refractivity contribution is 0.422. The number of benzene rings is 1. The molecule has 0 aliphatic heterocycles. The van der Waals surface area contributed by atoms with Crippen molar-refractivity contribution < 1.29 is 0 Å². The number of halogens is 1. The van der Waals surface area contributed by atoms with Crippen LogP contribution in [0.25, 0.3) is 0 Å². The second-order valence-electron chi connectivity index (χ2n) is 5.49. The molecule has 0 spiro atoms. The largest absolute Gasteiger partial charge is 0.308 e. The van der Waals surface area contributed by atoms with Crippen LogP contribution in [0, 0.1) is 0 Å². The van der Waals surface area contributed by atoms with E-state index in [4.69, 9.17) is 11.6 Å². The molecule has 0 unspecified atom stereocenters. The maximum absolute atomic E-state index is 6.10. The van der Waals surface area contributed by atoms with E-state index in [1.807, 2.05) is 24.3 Å². The lowest BCUT2D eigenvalue weighted by atomic mass is 10.1. The second-order valence-corrected chi connectivity index (χ2v) is 6.93. The number of hydrogen-bond donors (Lipinski definition) is 1. The summed E-state index contributed by atoms with van der Waals surface area (Å²) in [5.41, 5.74) is 1.27. The van der Waals surface area contributed by atoms with Crippen LogP contribution >= 0.6 is 23.4 Å². The highest BCUT2D eigenvalue weighted by atomic mass is 35.5. The van der Waals surface area contributed by atoms with Crippen LogP contribution < -0.4 is 5.32 Å². The third-order valence-corrected chi connectivity index (χ3v) is 3.81. The first-order valence-corrected chi connectivity index (χ1v) is 7.62. The number of hydrogen-bond acceptors (Lipinski definition) is 4. The minimum atomic E-state index is 0.0742. The minimum absolute atomic E-state index is 0.0742. The second kappa shape index (κ2) is 6.57. The van der Waals surface area contributed by atoms with Gasteiger partial charge in [0.2, 0.25) is 0 Å². The molecule has 20 heavy (non-hydrogen) atoms. The van der Waals surface area contributed by atoms with E-state index in [1.165, 1.54) is 17.3 Å². The Labute approximate surface area is 129 Å². The Bertz CT molecular complexity index is 567. The highest BCUT2D eigenvalue weighted by molar-refractivity contribution is 7.99. The zero-order valence-electron chi connectivity index (χ0n) is 11.9. The summed E-state index contributed by atoms with van der Waals surface area (Å²) < 4.78 is 0. The number of aromatic nitrogens is 2. The zero-order valence-corrected chi connectivity index (χ0v) is 13.4. The SMILES string of the molecule is CC(C)(C)NCc1ccc(Cl)cc1Sc1ncccn1. The first kappa shape index (κ1) is 15.3. The Morgan fingerprint density at radius 2 is 1.90 bits per heavy atom. The number of nitrogens with one attached hydrogen (secondary N) is 1. The normalized spacial score (nSPS) is 11.6. The fourth-order valence-corrected chi connectivity index (χ4v) is 2.68. The van der Waals surface area contributed by atoms with E-state index in [0.29, 0.717) is 0 Å². The monoisotopic (exact) mass is 307 g/mol. The van der Waals surface area contributed by atoms with Crippen LogP contribution in [0.1, 0.15) is 26.3 Å². The van der Waals surface area contributed by atoms with Gasteiger partial charge in [-0.2, -0.15) is 0 Å².